The summed E-state index contributed by atoms with van der Waals surface area (Å²) in [5.74, 6) is 1.28. The van der Waals surface area contributed by atoms with E-state index in [1.165, 1.54) is 0 Å². The molecule has 1 heterocycles. The van der Waals surface area contributed by atoms with Gasteiger partial charge in [-0.3, -0.25) is 4.79 Å². The average molecular weight is 376 g/mol. The number of ether oxygens (including phenoxy) is 1. The number of carbonyl (C=O) groups excluding carboxylic acids is 2. The number of hydrogen-bond donors (Lipinski definition) is 2. The van der Waals surface area contributed by atoms with Crippen molar-refractivity contribution in [2.24, 2.45) is 5.92 Å². The third-order valence-electron chi connectivity index (χ3n) is 4.57. The second kappa shape index (κ2) is 9.62. The minimum atomic E-state index is -0.219. The van der Waals surface area contributed by atoms with Gasteiger partial charge in [0.2, 0.25) is 5.91 Å². The molecule has 6 nitrogen and oxygen atoms in total. The van der Waals surface area contributed by atoms with Crippen LogP contribution in [0.25, 0.3) is 0 Å². The number of nitrogens with zero attached hydrogens (tertiary/aromatic N) is 1. The van der Waals surface area contributed by atoms with E-state index in [2.05, 4.69) is 10.6 Å². The molecule has 0 unspecified atom stereocenters. The van der Waals surface area contributed by atoms with E-state index in [-0.39, 0.29) is 17.5 Å². The Morgan fingerprint density at radius 3 is 2.33 bits per heavy atom. The predicted octanol–water partition coefficient (Wildman–Crippen LogP) is 2.96. The van der Waals surface area contributed by atoms with Crippen molar-refractivity contribution < 1.29 is 14.3 Å². The van der Waals surface area contributed by atoms with Crippen LogP contribution in [0.5, 0.6) is 5.75 Å². The summed E-state index contributed by atoms with van der Waals surface area (Å²) in [6.07, 6.45) is 2.21. The van der Waals surface area contributed by atoms with Crippen molar-refractivity contribution in [1.82, 2.24) is 15.5 Å². The molecule has 1 aliphatic rings. The Kier molecular flexibility index (Phi) is 7.51. The number of amides is 3. The van der Waals surface area contributed by atoms with Gasteiger partial charge in [-0.15, -0.1) is 0 Å². The molecule has 0 bridgehead atoms. The Morgan fingerprint density at radius 2 is 1.78 bits per heavy atom. The molecule has 2 N–H and O–H groups in total. The van der Waals surface area contributed by atoms with Gasteiger partial charge in [0.15, 0.2) is 0 Å². The fourth-order valence-electron chi connectivity index (χ4n) is 3.12. The van der Waals surface area contributed by atoms with Crippen molar-refractivity contribution in [1.29, 1.82) is 0 Å². The third-order valence-corrected chi connectivity index (χ3v) is 4.57. The average Bonchev–Trinajstić information content (AvgIpc) is 2.61. The van der Waals surface area contributed by atoms with Crippen LogP contribution in [0, 0.1) is 5.92 Å². The summed E-state index contributed by atoms with van der Waals surface area (Å²) in [5, 5.41) is 6.04. The van der Waals surface area contributed by atoms with Gasteiger partial charge in [0.1, 0.15) is 5.75 Å². The van der Waals surface area contributed by atoms with Gasteiger partial charge in [-0.05, 0) is 64.2 Å². The molecule has 0 aliphatic carbocycles. The minimum absolute atomic E-state index is 0.000449. The summed E-state index contributed by atoms with van der Waals surface area (Å²) in [6.45, 7) is 10.7. The summed E-state index contributed by atoms with van der Waals surface area (Å²) in [4.78, 5) is 26.2. The zero-order chi connectivity index (χ0) is 19.9. The molecule has 1 aliphatic heterocycles. The first-order valence-electron chi connectivity index (χ1n) is 9.82. The van der Waals surface area contributed by atoms with Gasteiger partial charge < -0.3 is 20.3 Å². The normalized spacial score (nSPS) is 15.3. The smallest absolute Gasteiger partial charge is 0.317 e. The van der Waals surface area contributed by atoms with Crippen LogP contribution in [0.3, 0.4) is 0 Å². The topological polar surface area (TPSA) is 70.7 Å². The summed E-state index contributed by atoms with van der Waals surface area (Å²) >= 11 is 0. The zero-order valence-corrected chi connectivity index (χ0v) is 17.0. The van der Waals surface area contributed by atoms with Gasteiger partial charge >= 0.3 is 6.03 Å². The van der Waals surface area contributed by atoms with Crippen LogP contribution in [0.15, 0.2) is 24.3 Å². The minimum Gasteiger partial charge on any atom is -0.494 e. The van der Waals surface area contributed by atoms with Crippen molar-refractivity contribution in [3.8, 4) is 5.75 Å². The van der Waals surface area contributed by atoms with E-state index >= 15 is 0 Å². The Labute approximate surface area is 162 Å². The third kappa shape index (κ3) is 7.49. The maximum atomic E-state index is 12.2. The van der Waals surface area contributed by atoms with Gasteiger partial charge in [-0.25, -0.2) is 4.79 Å². The fourth-order valence-corrected chi connectivity index (χ4v) is 3.12. The Bertz CT molecular complexity index is 615. The van der Waals surface area contributed by atoms with Crippen LogP contribution < -0.4 is 15.4 Å². The summed E-state index contributed by atoms with van der Waals surface area (Å²) in [5.41, 5.74) is 0.757. The molecular formula is C21H33N3O3. The fraction of sp³-hybridized carbons (Fsp3) is 0.619. The van der Waals surface area contributed by atoms with E-state index in [9.17, 15) is 9.59 Å². The van der Waals surface area contributed by atoms with E-state index in [0.717, 1.165) is 37.2 Å². The molecule has 27 heavy (non-hydrogen) atoms. The molecule has 1 saturated heterocycles. The number of nitrogens with one attached hydrogen (secondary N) is 2. The lowest BCUT2D eigenvalue weighted by atomic mass is 9.96. The number of piperidine rings is 1. The second-order valence-corrected chi connectivity index (χ2v) is 8.17. The summed E-state index contributed by atoms with van der Waals surface area (Å²) < 4.78 is 5.41. The predicted molar refractivity (Wildman–Crippen MR) is 107 cm³/mol. The molecule has 0 atom stereocenters. The first kappa shape index (κ1) is 21.1. The number of likely N-dealkylation sites (tertiary alicyclic amines) is 1. The Balaban J connectivity index is 1.68. The van der Waals surface area contributed by atoms with E-state index in [1.807, 2.05) is 56.9 Å². The Morgan fingerprint density at radius 1 is 1.15 bits per heavy atom. The monoisotopic (exact) mass is 375 g/mol. The molecule has 6 heteroatoms. The van der Waals surface area contributed by atoms with E-state index in [1.54, 1.807) is 0 Å². The van der Waals surface area contributed by atoms with Crippen molar-refractivity contribution in [2.75, 3.05) is 26.2 Å². The van der Waals surface area contributed by atoms with Crippen molar-refractivity contribution in [3.63, 3.8) is 0 Å². The molecule has 2 rings (SSSR count). The lowest BCUT2D eigenvalue weighted by molar-refractivity contribution is -0.120. The van der Waals surface area contributed by atoms with Gasteiger partial charge in [-0.2, -0.15) is 0 Å². The van der Waals surface area contributed by atoms with Gasteiger partial charge in [0.05, 0.1) is 13.0 Å². The van der Waals surface area contributed by atoms with Gasteiger partial charge in [0.25, 0.3) is 0 Å². The van der Waals surface area contributed by atoms with Crippen LogP contribution in [-0.2, 0) is 11.2 Å². The molecule has 0 spiro atoms. The summed E-state index contributed by atoms with van der Waals surface area (Å²) in [6, 6.07) is 7.64. The molecule has 1 fully saturated rings. The highest BCUT2D eigenvalue weighted by molar-refractivity contribution is 5.78. The quantitative estimate of drug-likeness (QED) is 0.803. The SMILES string of the molecule is CCOc1ccc(CC(=O)NCC2CCN(C(=O)NC(C)(C)C)CC2)cc1. The van der Waals surface area contributed by atoms with Crippen LogP contribution in [0.1, 0.15) is 46.1 Å². The summed E-state index contributed by atoms with van der Waals surface area (Å²) in [7, 11) is 0. The largest absolute Gasteiger partial charge is 0.494 e. The van der Waals surface area contributed by atoms with Gasteiger partial charge in [0, 0.05) is 25.2 Å². The molecule has 150 valence electrons. The lowest BCUT2D eigenvalue weighted by Crippen LogP contribution is -2.51. The van der Waals surface area contributed by atoms with E-state index in [4.69, 9.17) is 4.74 Å². The highest BCUT2D eigenvalue weighted by Crippen LogP contribution is 2.17. The molecule has 0 saturated carbocycles. The van der Waals surface area contributed by atoms with Crippen molar-refractivity contribution >= 4 is 11.9 Å². The maximum Gasteiger partial charge on any atom is 0.317 e. The number of carbonyl (C=O) groups is 2. The first-order valence-corrected chi connectivity index (χ1v) is 9.82. The van der Waals surface area contributed by atoms with Crippen LogP contribution in [0.2, 0.25) is 0 Å². The van der Waals surface area contributed by atoms with Crippen LogP contribution >= 0.6 is 0 Å². The van der Waals surface area contributed by atoms with Crippen molar-refractivity contribution in [3.05, 3.63) is 29.8 Å². The Hall–Kier alpha value is -2.24. The number of hydrogen-bond acceptors (Lipinski definition) is 3. The van der Waals surface area contributed by atoms with Crippen LogP contribution in [-0.4, -0.2) is 48.6 Å². The molecule has 0 radical (unpaired) electrons. The van der Waals surface area contributed by atoms with E-state index < -0.39 is 0 Å². The number of rotatable bonds is 6. The molecule has 3 amide bonds. The van der Waals surface area contributed by atoms with Gasteiger partial charge in [-0.1, -0.05) is 12.1 Å². The molecule has 1 aromatic carbocycles. The highest BCUT2D eigenvalue weighted by atomic mass is 16.5. The molecular weight excluding hydrogens is 342 g/mol. The number of urea groups is 1. The second-order valence-electron chi connectivity index (χ2n) is 8.17. The standard InChI is InChI=1S/C21H33N3O3/c1-5-27-18-8-6-16(7-9-18)14-19(25)22-15-17-10-12-24(13-11-17)20(26)23-21(2,3)4/h6-9,17H,5,10-15H2,1-4H3,(H,22,25)(H,23,26). The lowest BCUT2D eigenvalue weighted by Gasteiger charge is -2.34. The van der Waals surface area contributed by atoms with Crippen LogP contribution in [0.4, 0.5) is 4.79 Å². The zero-order valence-electron chi connectivity index (χ0n) is 17.0. The maximum absolute atomic E-state index is 12.2. The molecule has 0 aromatic heterocycles. The van der Waals surface area contributed by atoms with E-state index in [0.29, 0.717) is 25.5 Å². The highest BCUT2D eigenvalue weighted by Gasteiger charge is 2.25. The molecule has 1 aromatic rings. The first-order chi connectivity index (χ1) is 12.8. The van der Waals surface area contributed by atoms with Crippen molar-refractivity contribution in [2.45, 2.75) is 52.5 Å². The number of benzene rings is 1.